The van der Waals surface area contributed by atoms with Crippen molar-refractivity contribution >= 4 is 32.5 Å². The molecule has 0 radical (unpaired) electrons. The first-order valence-electron chi connectivity index (χ1n) is 11.9. The minimum Gasteiger partial charge on any atom is -0.434 e. The lowest BCUT2D eigenvalue weighted by molar-refractivity contribution is -0.0494. The molecule has 0 spiro atoms. The third-order valence-electron chi connectivity index (χ3n) is 6.52. The maximum Gasteiger partial charge on any atom is 0.387 e. The number of para-hydroxylation sites is 1. The number of aliphatic hydroxyl groups excluding tert-OH is 1. The Balaban J connectivity index is 1.49. The zero-order valence-electron chi connectivity index (χ0n) is 19.7. The fourth-order valence-corrected chi connectivity index (χ4v) is 6.46. The fourth-order valence-electron chi connectivity index (χ4n) is 4.50. The lowest BCUT2D eigenvalue weighted by Crippen LogP contribution is -2.10. The molecule has 5 rings (SSSR count). The molecule has 0 amide bonds. The van der Waals surface area contributed by atoms with Gasteiger partial charge in [0.2, 0.25) is 0 Å². The molecule has 6 nitrogen and oxygen atoms in total. The normalized spacial score (nSPS) is 14.8. The van der Waals surface area contributed by atoms with Crippen molar-refractivity contribution in [2.45, 2.75) is 36.7 Å². The number of benzene rings is 3. The summed E-state index contributed by atoms with van der Waals surface area (Å²) in [6.45, 7) is -3.08. The molecule has 1 atom stereocenters. The van der Waals surface area contributed by atoms with Crippen LogP contribution in [0.2, 0.25) is 5.02 Å². The zero-order valence-corrected chi connectivity index (χ0v) is 21.3. The minimum absolute atomic E-state index is 0.00407. The lowest BCUT2D eigenvalue weighted by atomic mass is 9.95. The van der Waals surface area contributed by atoms with E-state index in [-0.39, 0.29) is 34.8 Å². The average Bonchev–Trinajstić information content (AvgIpc) is 3.57. The Bertz CT molecular complexity index is 1520. The first-order chi connectivity index (χ1) is 17.7. The number of aromatic nitrogens is 2. The number of fused-ring (bicyclic) bond motifs is 1. The molecule has 1 saturated carbocycles. The topological polar surface area (TPSA) is 92.3 Å². The van der Waals surface area contributed by atoms with Gasteiger partial charge in [-0.2, -0.15) is 8.78 Å². The van der Waals surface area contributed by atoms with Crippen LogP contribution in [0.1, 0.15) is 36.6 Å². The van der Waals surface area contributed by atoms with Gasteiger partial charge < -0.3 is 14.8 Å². The molecule has 1 unspecified atom stereocenters. The van der Waals surface area contributed by atoms with Crippen LogP contribution in [0.4, 0.5) is 8.78 Å². The summed E-state index contributed by atoms with van der Waals surface area (Å²) in [5, 5.41) is 10.1. The number of halogens is 3. The molecule has 1 aliphatic carbocycles. The molecule has 4 aromatic rings. The van der Waals surface area contributed by atoms with E-state index < -0.39 is 16.4 Å². The Labute approximate surface area is 218 Å². The van der Waals surface area contributed by atoms with Gasteiger partial charge in [-0.25, -0.2) is 13.4 Å². The number of sulfone groups is 1. The van der Waals surface area contributed by atoms with Gasteiger partial charge in [-0.15, -0.1) is 0 Å². The fraction of sp³-hybridized carbons (Fsp3) is 0.296. The summed E-state index contributed by atoms with van der Waals surface area (Å²) in [6.07, 6.45) is 2.27. The Morgan fingerprint density at radius 3 is 2.49 bits per heavy atom. The third kappa shape index (κ3) is 5.63. The van der Waals surface area contributed by atoms with Crippen LogP contribution >= 0.6 is 11.6 Å². The third-order valence-corrected chi connectivity index (χ3v) is 8.74. The van der Waals surface area contributed by atoms with Crippen molar-refractivity contribution in [1.29, 1.82) is 0 Å². The van der Waals surface area contributed by atoms with E-state index in [2.05, 4.69) is 9.72 Å². The van der Waals surface area contributed by atoms with Crippen molar-refractivity contribution in [2.24, 2.45) is 5.92 Å². The second-order valence-electron chi connectivity index (χ2n) is 9.20. The van der Waals surface area contributed by atoms with Crippen molar-refractivity contribution in [3.63, 3.8) is 0 Å². The Hall–Kier alpha value is -3.01. The SMILES string of the molecule is O=S(=O)(CC1CC1)c1ccc(C(CCO)c2nc3cc(-c4ccccc4OC(F)F)c(Cl)cc3[nH]2)cc1. The highest BCUT2D eigenvalue weighted by atomic mass is 35.5. The largest absolute Gasteiger partial charge is 0.434 e. The molecule has 1 aliphatic rings. The number of nitrogens with one attached hydrogen (secondary N) is 1. The smallest absolute Gasteiger partial charge is 0.387 e. The summed E-state index contributed by atoms with van der Waals surface area (Å²) in [4.78, 5) is 8.25. The van der Waals surface area contributed by atoms with E-state index >= 15 is 0 Å². The first kappa shape index (κ1) is 25.6. The van der Waals surface area contributed by atoms with Gasteiger partial charge in [-0.05, 0) is 61.1 Å². The number of hydrogen-bond donors (Lipinski definition) is 2. The zero-order chi connectivity index (χ0) is 26.2. The monoisotopic (exact) mass is 546 g/mol. The van der Waals surface area contributed by atoms with Crippen molar-refractivity contribution in [2.75, 3.05) is 12.4 Å². The van der Waals surface area contributed by atoms with E-state index in [4.69, 9.17) is 16.6 Å². The molecule has 10 heteroatoms. The maximum atomic E-state index is 12.9. The van der Waals surface area contributed by atoms with E-state index in [1.165, 1.54) is 6.07 Å². The number of alkyl halides is 2. The number of hydrogen-bond acceptors (Lipinski definition) is 5. The summed E-state index contributed by atoms with van der Waals surface area (Å²) >= 11 is 6.53. The van der Waals surface area contributed by atoms with E-state index in [9.17, 15) is 22.3 Å². The van der Waals surface area contributed by atoms with E-state index in [0.29, 0.717) is 39.4 Å². The molecule has 3 aromatic carbocycles. The number of aliphatic hydroxyl groups is 1. The maximum absolute atomic E-state index is 12.9. The van der Waals surface area contributed by atoms with Crippen LogP contribution in [0.5, 0.6) is 5.75 Å². The standard InChI is InChI=1S/C27H25ClF2N2O4S/c28-22-14-24-23(13-21(22)20-3-1-2-4-25(20)36-27(29)30)31-26(32-24)19(11-12-33)17-7-9-18(10-8-17)37(34,35)15-16-5-6-16/h1-4,7-10,13-14,16,19,27,33H,5-6,11-12,15H2,(H,31,32). The van der Waals surface area contributed by atoms with Crippen LogP contribution in [-0.4, -0.2) is 42.5 Å². The quantitative estimate of drug-likeness (QED) is 0.248. The van der Waals surface area contributed by atoms with Gasteiger partial charge in [0.15, 0.2) is 9.84 Å². The molecule has 1 fully saturated rings. The second-order valence-corrected chi connectivity index (χ2v) is 11.6. The van der Waals surface area contributed by atoms with Crippen molar-refractivity contribution < 1.29 is 27.0 Å². The number of aromatic amines is 1. The molecule has 194 valence electrons. The minimum atomic E-state index is -3.33. The molecule has 37 heavy (non-hydrogen) atoms. The number of ether oxygens (including phenoxy) is 1. The highest BCUT2D eigenvalue weighted by Gasteiger charge is 2.29. The molecule has 1 aromatic heterocycles. The summed E-state index contributed by atoms with van der Waals surface area (Å²) in [6, 6.07) is 16.5. The van der Waals surface area contributed by atoms with Crippen LogP contribution in [0.15, 0.2) is 65.6 Å². The summed E-state index contributed by atoms with van der Waals surface area (Å²) < 4.78 is 55.7. The van der Waals surface area contributed by atoms with Crippen LogP contribution < -0.4 is 4.74 Å². The lowest BCUT2D eigenvalue weighted by Gasteiger charge is -2.14. The molecule has 1 heterocycles. The van der Waals surface area contributed by atoms with Gasteiger partial charge >= 0.3 is 6.61 Å². The highest BCUT2D eigenvalue weighted by molar-refractivity contribution is 7.91. The predicted octanol–water partition coefficient (Wildman–Crippen LogP) is 6.18. The Morgan fingerprint density at radius 1 is 1.08 bits per heavy atom. The van der Waals surface area contributed by atoms with Crippen LogP contribution in [0, 0.1) is 5.92 Å². The summed E-state index contributed by atoms with van der Waals surface area (Å²) in [5.74, 6) is 0.680. The van der Waals surface area contributed by atoms with Crippen molar-refractivity contribution in [1.82, 2.24) is 9.97 Å². The molecule has 2 N–H and O–H groups in total. The molecular formula is C27H25ClF2N2O4S. The molecule has 0 bridgehead atoms. The van der Waals surface area contributed by atoms with Gasteiger partial charge in [-0.3, -0.25) is 0 Å². The molecular weight excluding hydrogens is 522 g/mol. The van der Waals surface area contributed by atoms with Gasteiger partial charge in [0, 0.05) is 23.7 Å². The number of imidazole rings is 1. The number of H-pyrrole nitrogens is 1. The first-order valence-corrected chi connectivity index (χ1v) is 13.9. The summed E-state index contributed by atoms with van der Waals surface area (Å²) in [7, 11) is -3.33. The summed E-state index contributed by atoms with van der Waals surface area (Å²) in [5.41, 5.74) is 2.91. The van der Waals surface area contributed by atoms with E-state index in [0.717, 1.165) is 18.4 Å². The number of rotatable bonds is 10. The van der Waals surface area contributed by atoms with Gasteiger partial charge in [-0.1, -0.05) is 41.9 Å². The van der Waals surface area contributed by atoms with E-state index in [1.54, 1.807) is 54.6 Å². The van der Waals surface area contributed by atoms with Crippen molar-refractivity contribution in [3.8, 4) is 16.9 Å². The second kappa shape index (κ2) is 10.4. The average molecular weight is 547 g/mol. The van der Waals surface area contributed by atoms with Crippen LogP contribution in [0.25, 0.3) is 22.2 Å². The Morgan fingerprint density at radius 2 is 1.81 bits per heavy atom. The number of nitrogens with zero attached hydrogens (tertiary/aromatic N) is 1. The van der Waals surface area contributed by atoms with Gasteiger partial charge in [0.25, 0.3) is 0 Å². The van der Waals surface area contributed by atoms with Crippen LogP contribution in [-0.2, 0) is 9.84 Å². The molecule has 0 saturated heterocycles. The Kier molecular flexibility index (Phi) is 7.20. The van der Waals surface area contributed by atoms with Gasteiger partial charge in [0.05, 0.1) is 26.7 Å². The van der Waals surface area contributed by atoms with E-state index in [1.807, 2.05) is 0 Å². The van der Waals surface area contributed by atoms with Crippen molar-refractivity contribution in [3.05, 3.63) is 77.1 Å². The van der Waals surface area contributed by atoms with Crippen LogP contribution in [0.3, 0.4) is 0 Å². The highest BCUT2D eigenvalue weighted by Crippen LogP contribution is 2.39. The van der Waals surface area contributed by atoms with Gasteiger partial charge in [0.1, 0.15) is 11.6 Å². The predicted molar refractivity (Wildman–Crippen MR) is 138 cm³/mol. The molecule has 0 aliphatic heterocycles.